The Morgan fingerprint density at radius 3 is 2.58 bits per heavy atom. The lowest BCUT2D eigenvalue weighted by Crippen LogP contribution is -2.22. The van der Waals surface area contributed by atoms with Gasteiger partial charge in [-0.15, -0.1) is 0 Å². The van der Waals surface area contributed by atoms with Gasteiger partial charge in [0.2, 0.25) is 5.91 Å². The predicted molar refractivity (Wildman–Crippen MR) is 100 cm³/mol. The van der Waals surface area contributed by atoms with Crippen LogP contribution in [0.5, 0.6) is 5.75 Å². The number of anilines is 2. The Bertz CT molecular complexity index is 729. The highest BCUT2D eigenvalue weighted by molar-refractivity contribution is 6.31. The van der Waals surface area contributed by atoms with E-state index in [0.717, 1.165) is 22.5 Å². The highest BCUT2D eigenvalue weighted by Gasteiger charge is 2.11. The maximum absolute atomic E-state index is 12.3. The van der Waals surface area contributed by atoms with Gasteiger partial charge in [0, 0.05) is 16.8 Å². The second-order valence-corrected chi connectivity index (χ2v) is 6.35. The minimum Gasteiger partial charge on any atom is -0.495 e. The van der Waals surface area contributed by atoms with Gasteiger partial charge in [0.1, 0.15) is 5.75 Å². The van der Waals surface area contributed by atoms with Gasteiger partial charge in [-0.25, -0.2) is 0 Å². The number of para-hydroxylation sites is 1. The molecule has 24 heavy (non-hydrogen) atoms. The van der Waals surface area contributed by atoms with Gasteiger partial charge in [-0.2, -0.15) is 0 Å². The summed E-state index contributed by atoms with van der Waals surface area (Å²) in [5, 5.41) is 6.69. The third-order valence-electron chi connectivity index (χ3n) is 3.78. The standard InChI is InChI=1S/C19H23ClN2O2/c1-12(2)14-7-5-6-8-16(14)22-19(23)11-21-17-9-13(3)15(20)10-18(17)24-4/h5-10,12,21H,11H2,1-4H3,(H,22,23). The molecular formula is C19H23ClN2O2. The van der Waals surface area contributed by atoms with Crippen molar-refractivity contribution >= 4 is 28.9 Å². The molecule has 0 aliphatic rings. The topological polar surface area (TPSA) is 50.4 Å². The Morgan fingerprint density at radius 1 is 1.21 bits per heavy atom. The van der Waals surface area contributed by atoms with Gasteiger partial charge in [0.05, 0.1) is 19.3 Å². The summed E-state index contributed by atoms with van der Waals surface area (Å²) in [5.74, 6) is 0.840. The second kappa shape index (κ2) is 8.06. The summed E-state index contributed by atoms with van der Waals surface area (Å²) in [7, 11) is 1.57. The first-order valence-corrected chi connectivity index (χ1v) is 8.27. The Morgan fingerprint density at radius 2 is 1.92 bits per heavy atom. The molecule has 4 nitrogen and oxygen atoms in total. The van der Waals surface area contributed by atoms with Crippen LogP contribution in [-0.4, -0.2) is 19.6 Å². The van der Waals surface area contributed by atoms with E-state index in [1.165, 1.54) is 0 Å². The summed E-state index contributed by atoms with van der Waals surface area (Å²) in [6.07, 6.45) is 0. The summed E-state index contributed by atoms with van der Waals surface area (Å²) in [5.41, 5.74) is 3.63. The van der Waals surface area contributed by atoms with Crippen LogP contribution in [0.4, 0.5) is 11.4 Å². The van der Waals surface area contributed by atoms with Gasteiger partial charge >= 0.3 is 0 Å². The zero-order valence-corrected chi connectivity index (χ0v) is 15.2. The first kappa shape index (κ1) is 18.1. The third-order valence-corrected chi connectivity index (χ3v) is 4.18. The van der Waals surface area contributed by atoms with Crippen LogP contribution in [0.1, 0.15) is 30.9 Å². The highest BCUT2D eigenvalue weighted by atomic mass is 35.5. The van der Waals surface area contributed by atoms with E-state index >= 15 is 0 Å². The van der Waals surface area contributed by atoms with Crippen LogP contribution in [0.3, 0.4) is 0 Å². The molecule has 0 fully saturated rings. The lowest BCUT2D eigenvalue weighted by atomic mass is 10.0. The molecule has 128 valence electrons. The molecule has 0 radical (unpaired) electrons. The van der Waals surface area contributed by atoms with Gasteiger partial charge in [-0.05, 0) is 36.1 Å². The highest BCUT2D eigenvalue weighted by Crippen LogP contribution is 2.30. The molecule has 2 N–H and O–H groups in total. The predicted octanol–water partition coefficient (Wildman–Crippen LogP) is 4.83. The second-order valence-electron chi connectivity index (χ2n) is 5.95. The number of aryl methyl sites for hydroxylation is 1. The number of carbonyl (C=O) groups is 1. The minimum atomic E-state index is -0.113. The monoisotopic (exact) mass is 346 g/mol. The van der Waals surface area contributed by atoms with Crippen LogP contribution in [0.25, 0.3) is 0 Å². The average molecular weight is 347 g/mol. The summed E-state index contributed by atoms with van der Waals surface area (Å²) in [6.45, 7) is 6.25. The summed E-state index contributed by atoms with van der Waals surface area (Å²) in [6, 6.07) is 11.5. The van der Waals surface area contributed by atoms with Crippen molar-refractivity contribution in [2.75, 3.05) is 24.3 Å². The third kappa shape index (κ3) is 4.42. The molecule has 0 heterocycles. The lowest BCUT2D eigenvalue weighted by molar-refractivity contribution is -0.114. The van der Waals surface area contributed by atoms with E-state index in [-0.39, 0.29) is 12.5 Å². The molecule has 2 aromatic rings. The van der Waals surface area contributed by atoms with Gasteiger partial charge in [-0.3, -0.25) is 4.79 Å². The van der Waals surface area contributed by atoms with Crippen molar-refractivity contribution in [3.05, 3.63) is 52.5 Å². The maximum Gasteiger partial charge on any atom is 0.243 e. The molecule has 0 saturated carbocycles. The summed E-state index contributed by atoms with van der Waals surface area (Å²) < 4.78 is 5.30. The minimum absolute atomic E-state index is 0.113. The number of carbonyl (C=O) groups excluding carboxylic acids is 1. The molecule has 0 aliphatic carbocycles. The molecule has 5 heteroatoms. The number of halogens is 1. The molecule has 0 unspecified atom stereocenters. The number of rotatable bonds is 6. The van der Waals surface area contributed by atoms with Crippen LogP contribution in [0, 0.1) is 6.92 Å². The van der Waals surface area contributed by atoms with Gasteiger partial charge in [-0.1, -0.05) is 43.6 Å². The van der Waals surface area contributed by atoms with Gasteiger partial charge in [0.15, 0.2) is 0 Å². The van der Waals surface area contributed by atoms with Crippen molar-refractivity contribution < 1.29 is 9.53 Å². The number of hydrogen-bond acceptors (Lipinski definition) is 3. The molecule has 1 amide bonds. The molecule has 0 aliphatic heterocycles. The molecule has 0 bridgehead atoms. The largest absolute Gasteiger partial charge is 0.495 e. The molecule has 0 saturated heterocycles. The quantitative estimate of drug-likeness (QED) is 0.787. The van der Waals surface area contributed by atoms with E-state index in [4.69, 9.17) is 16.3 Å². The normalized spacial score (nSPS) is 10.6. The first-order valence-electron chi connectivity index (χ1n) is 7.89. The van der Waals surface area contributed by atoms with Gasteiger partial charge < -0.3 is 15.4 Å². The number of benzene rings is 2. The van der Waals surface area contributed by atoms with E-state index in [1.54, 1.807) is 13.2 Å². The molecule has 0 spiro atoms. The number of hydrogen-bond donors (Lipinski definition) is 2. The van der Waals surface area contributed by atoms with Crippen molar-refractivity contribution in [2.24, 2.45) is 0 Å². The molecule has 2 rings (SSSR count). The Balaban J connectivity index is 2.06. The van der Waals surface area contributed by atoms with Crippen molar-refractivity contribution in [2.45, 2.75) is 26.7 Å². The fraction of sp³-hybridized carbons (Fsp3) is 0.316. The van der Waals surface area contributed by atoms with Gasteiger partial charge in [0.25, 0.3) is 0 Å². The Labute approximate surface area is 148 Å². The van der Waals surface area contributed by atoms with E-state index in [0.29, 0.717) is 16.7 Å². The van der Waals surface area contributed by atoms with E-state index < -0.39 is 0 Å². The number of amides is 1. The van der Waals surface area contributed by atoms with Crippen LogP contribution in [0.15, 0.2) is 36.4 Å². The fourth-order valence-corrected chi connectivity index (χ4v) is 2.61. The van der Waals surface area contributed by atoms with Crippen molar-refractivity contribution in [3.8, 4) is 5.75 Å². The van der Waals surface area contributed by atoms with E-state index in [2.05, 4.69) is 24.5 Å². The van der Waals surface area contributed by atoms with Crippen molar-refractivity contribution in [1.82, 2.24) is 0 Å². The number of ether oxygens (including phenoxy) is 1. The van der Waals surface area contributed by atoms with E-state index in [9.17, 15) is 4.79 Å². The molecule has 2 aromatic carbocycles. The zero-order chi connectivity index (χ0) is 17.7. The first-order chi connectivity index (χ1) is 11.4. The Kier molecular flexibility index (Phi) is 6.10. The maximum atomic E-state index is 12.3. The molecule has 0 atom stereocenters. The van der Waals surface area contributed by atoms with Crippen LogP contribution < -0.4 is 15.4 Å². The molecule has 0 aromatic heterocycles. The van der Waals surface area contributed by atoms with Crippen LogP contribution >= 0.6 is 11.6 Å². The van der Waals surface area contributed by atoms with Crippen LogP contribution in [0.2, 0.25) is 5.02 Å². The molecular weight excluding hydrogens is 324 g/mol. The van der Waals surface area contributed by atoms with Crippen molar-refractivity contribution in [3.63, 3.8) is 0 Å². The van der Waals surface area contributed by atoms with Crippen molar-refractivity contribution in [1.29, 1.82) is 0 Å². The number of methoxy groups -OCH3 is 1. The van der Waals surface area contributed by atoms with E-state index in [1.807, 2.05) is 37.3 Å². The summed E-state index contributed by atoms with van der Waals surface area (Å²) in [4.78, 5) is 12.3. The average Bonchev–Trinajstić information content (AvgIpc) is 2.55. The Hall–Kier alpha value is -2.20. The fourth-order valence-electron chi connectivity index (χ4n) is 2.45. The zero-order valence-electron chi connectivity index (χ0n) is 14.4. The lowest BCUT2D eigenvalue weighted by Gasteiger charge is -2.15. The van der Waals surface area contributed by atoms with Crippen LogP contribution in [-0.2, 0) is 4.79 Å². The number of nitrogens with one attached hydrogen (secondary N) is 2. The smallest absolute Gasteiger partial charge is 0.243 e. The summed E-state index contributed by atoms with van der Waals surface area (Å²) >= 11 is 6.09. The SMILES string of the molecule is COc1cc(Cl)c(C)cc1NCC(=O)Nc1ccccc1C(C)C.